The van der Waals surface area contributed by atoms with Crippen molar-refractivity contribution in [3.05, 3.63) is 99.2 Å². The number of H-pyrrole nitrogens is 1. The van der Waals surface area contributed by atoms with Crippen LogP contribution in [-0.2, 0) is 13.1 Å². The van der Waals surface area contributed by atoms with Crippen molar-refractivity contribution in [2.75, 3.05) is 5.32 Å². The van der Waals surface area contributed by atoms with Crippen LogP contribution in [0.15, 0.2) is 70.1 Å². The fraction of sp³-hybridized carbons (Fsp3) is 0.200. The average Bonchev–Trinajstić information content (AvgIpc) is 3.25. The summed E-state index contributed by atoms with van der Waals surface area (Å²) < 4.78 is 5.54. The number of nitrogens with one attached hydrogen (secondary N) is 2. The van der Waals surface area contributed by atoms with Gasteiger partial charge in [-0.15, -0.1) is 0 Å². The molecule has 0 saturated carbocycles. The molecule has 158 valence electrons. The zero-order chi connectivity index (χ0) is 22.0. The lowest BCUT2D eigenvalue weighted by Gasteiger charge is -2.25. The van der Waals surface area contributed by atoms with Gasteiger partial charge >= 0.3 is 0 Å². The number of thiocarbonyl (C=S) groups is 1. The lowest BCUT2D eigenvalue weighted by Crippen LogP contribution is -2.35. The molecule has 0 atom stereocenters. The van der Waals surface area contributed by atoms with Crippen LogP contribution in [0.3, 0.4) is 0 Å². The number of nitrogens with zero attached hydrogens (tertiary/aromatic N) is 1. The van der Waals surface area contributed by atoms with Gasteiger partial charge in [-0.3, -0.25) is 4.79 Å². The van der Waals surface area contributed by atoms with Gasteiger partial charge in [0.05, 0.1) is 24.9 Å². The molecule has 6 heteroatoms. The highest BCUT2D eigenvalue weighted by molar-refractivity contribution is 7.80. The summed E-state index contributed by atoms with van der Waals surface area (Å²) in [5.74, 6) is 0.775. The summed E-state index contributed by atoms with van der Waals surface area (Å²) in [6.07, 6.45) is 1.64. The third-order valence-corrected chi connectivity index (χ3v) is 5.83. The van der Waals surface area contributed by atoms with Crippen LogP contribution in [0.1, 0.15) is 28.0 Å². The molecule has 0 spiro atoms. The Hall–Kier alpha value is -3.38. The largest absolute Gasteiger partial charge is 0.467 e. The monoisotopic (exact) mass is 431 g/mol. The molecule has 0 fully saturated rings. The minimum Gasteiger partial charge on any atom is -0.467 e. The highest BCUT2D eigenvalue weighted by atomic mass is 32.1. The zero-order valence-corrected chi connectivity index (χ0v) is 18.7. The Kier molecular flexibility index (Phi) is 5.91. The Bertz CT molecular complexity index is 1290. The SMILES string of the molecule is Cc1cccc(NC(=S)N(Cc2ccco2)Cc2cc3ccc(C)c(C)c3[nH]c2=O)c1. The Morgan fingerprint density at radius 2 is 1.90 bits per heavy atom. The number of aromatic nitrogens is 1. The number of furan rings is 1. The van der Waals surface area contributed by atoms with Crippen molar-refractivity contribution in [2.24, 2.45) is 0 Å². The Morgan fingerprint density at radius 1 is 1.06 bits per heavy atom. The van der Waals surface area contributed by atoms with Gasteiger partial charge in [0.2, 0.25) is 0 Å². The third kappa shape index (κ3) is 4.70. The third-order valence-electron chi connectivity index (χ3n) is 5.47. The van der Waals surface area contributed by atoms with E-state index in [1.165, 1.54) is 0 Å². The van der Waals surface area contributed by atoms with Crippen LogP contribution in [0.2, 0.25) is 0 Å². The molecule has 2 heterocycles. The van der Waals surface area contributed by atoms with E-state index in [1.807, 2.05) is 74.2 Å². The molecule has 2 N–H and O–H groups in total. The lowest BCUT2D eigenvalue weighted by molar-refractivity contribution is 0.359. The molecule has 0 amide bonds. The number of anilines is 1. The van der Waals surface area contributed by atoms with E-state index in [4.69, 9.17) is 16.6 Å². The van der Waals surface area contributed by atoms with Gasteiger partial charge in [-0.25, -0.2) is 0 Å². The number of aromatic amines is 1. The molecule has 0 aliphatic carbocycles. The molecule has 5 nitrogen and oxygen atoms in total. The van der Waals surface area contributed by atoms with E-state index >= 15 is 0 Å². The normalized spacial score (nSPS) is 10.9. The van der Waals surface area contributed by atoms with Crippen molar-refractivity contribution < 1.29 is 4.42 Å². The summed E-state index contributed by atoms with van der Waals surface area (Å²) >= 11 is 5.71. The van der Waals surface area contributed by atoms with Gasteiger partial charge in [0.25, 0.3) is 5.56 Å². The molecule has 4 aromatic rings. The van der Waals surface area contributed by atoms with E-state index in [0.29, 0.717) is 23.8 Å². The second-order valence-electron chi connectivity index (χ2n) is 7.83. The minimum absolute atomic E-state index is 0.107. The van der Waals surface area contributed by atoms with Crippen molar-refractivity contribution in [3.8, 4) is 0 Å². The molecule has 0 saturated heterocycles. The topological polar surface area (TPSA) is 61.3 Å². The molecule has 0 aliphatic heterocycles. The van der Waals surface area contributed by atoms with Gasteiger partial charge in [-0.05, 0) is 85.4 Å². The van der Waals surface area contributed by atoms with Gasteiger partial charge in [0.1, 0.15) is 5.76 Å². The Balaban J connectivity index is 1.65. The second kappa shape index (κ2) is 8.78. The van der Waals surface area contributed by atoms with Crippen LogP contribution in [0.5, 0.6) is 0 Å². The molecule has 31 heavy (non-hydrogen) atoms. The molecule has 0 bridgehead atoms. The highest BCUT2D eigenvalue weighted by Crippen LogP contribution is 2.20. The van der Waals surface area contributed by atoms with Crippen LogP contribution >= 0.6 is 12.2 Å². The van der Waals surface area contributed by atoms with Crippen LogP contribution in [0, 0.1) is 20.8 Å². The van der Waals surface area contributed by atoms with Crippen LogP contribution in [0.4, 0.5) is 5.69 Å². The van der Waals surface area contributed by atoms with Crippen molar-refractivity contribution in [1.29, 1.82) is 0 Å². The maximum atomic E-state index is 12.9. The smallest absolute Gasteiger partial charge is 0.253 e. The van der Waals surface area contributed by atoms with E-state index in [2.05, 4.69) is 16.4 Å². The number of aryl methyl sites for hydroxylation is 3. The lowest BCUT2D eigenvalue weighted by atomic mass is 10.0. The number of benzene rings is 2. The van der Waals surface area contributed by atoms with Crippen molar-refractivity contribution in [1.82, 2.24) is 9.88 Å². The molecule has 0 radical (unpaired) electrons. The zero-order valence-electron chi connectivity index (χ0n) is 17.9. The molecule has 2 aromatic heterocycles. The molecule has 2 aromatic carbocycles. The first-order chi connectivity index (χ1) is 14.9. The number of hydrogen-bond donors (Lipinski definition) is 2. The highest BCUT2D eigenvalue weighted by Gasteiger charge is 2.16. The van der Waals surface area contributed by atoms with Gasteiger partial charge in [-0.2, -0.15) is 0 Å². The number of pyridine rings is 1. The van der Waals surface area contributed by atoms with E-state index in [-0.39, 0.29) is 5.56 Å². The first kappa shape index (κ1) is 20.9. The van der Waals surface area contributed by atoms with Crippen LogP contribution in [-0.4, -0.2) is 15.0 Å². The first-order valence-corrected chi connectivity index (χ1v) is 10.6. The Morgan fingerprint density at radius 3 is 2.65 bits per heavy atom. The predicted octanol–water partition coefficient (Wildman–Crippen LogP) is 5.45. The van der Waals surface area contributed by atoms with Crippen LogP contribution in [0.25, 0.3) is 10.9 Å². The van der Waals surface area contributed by atoms with E-state index in [1.54, 1.807) is 6.26 Å². The van der Waals surface area contributed by atoms with Gasteiger partial charge in [0, 0.05) is 11.3 Å². The fourth-order valence-corrected chi connectivity index (χ4v) is 3.86. The van der Waals surface area contributed by atoms with E-state index in [9.17, 15) is 4.79 Å². The van der Waals surface area contributed by atoms with Crippen molar-refractivity contribution in [2.45, 2.75) is 33.9 Å². The van der Waals surface area contributed by atoms with Gasteiger partial charge < -0.3 is 19.6 Å². The van der Waals surface area contributed by atoms with Crippen molar-refractivity contribution >= 4 is 33.9 Å². The number of fused-ring (bicyclic) bond motifs is 1. The van der Waals surface area contributed by atoms with Gasteiger partial charge in [0.15, 0.2) is 5.11 Å². The molecular weight excluding hydrogens is 406 g/mol. The molecular formula is C25H25N3O2S. The quantitative estimate of drug-likeness (QED) is 0.412. The maximum absolute atomic E-state index is 12.9. The predicted molar refractivity (Wildman–Crippen MR) is 129 cm³/mol. The molecule has 4 rings (SSSR count). The van der Waals surface area contributed by atoms with E-state index in [0.717, 1.165) is 39.0 Å². The summed E-state index contributed by atoms with van der Waals surface area (Å²) in [7, 11) is 0. The summed E-state index contributed by atoms with van der Waals surface area (Å²) in [5.41, 5.74) is 5.71. The summed E-state index contributed by atoms with van der Waals surface area (Å²) in [6.45, 7) is 6.91. The first-order valence-electron chi connectivity index (χ1n) is 10.2. The number of hydrogen-bond acceptors (Lipinski definition) is 3. The van der Waals surface area contributed by atoms with Gasteiger partial charge in [-0.1, -0.05) is 24.3 Å². The average molecular weight is 432 g/mol. The van der Waals surface area contributed by atoms with E-state index < -0.39 is 0 Å². The fourth-order valence-electron chi connectivity index (χ4n) is 3.61. The maximum Gasteiger partial charge on any atom is 0.253 e. The summed E-state index contributed by atoms with van der Waals surface area (Å²) in [4.78, 5) is 17.9. The molecule has 0 aliphatic rings. The summed E-state index contributed by atoms with van der Waals surface area (Å²) in [5, 5.41) is 4.83. The Labute approximate surface area is 186 Å². The van der Waals surface area contributed by atoms with Crippen LogP contribution < -0.4 is 10.9 Å². The molecule has 0 unspecified atom stereocenters. The van der Waals surface area contributed by atoms with Crippen molar-refractivity contribution in [3.63, 3.8) is 0 Å². The summed E-state index contributed by atoms with van der Waals surface area (Å²) in [6, 6.07) is 17.8. The second-order valence-corrected chi connectivity index (χ2v) is 8.22. The number of rotatable bonds is 5. The minimum atomic E-state index is -0.107. The standard InChI is InChI=1S/C25H25N3O2S/c1-16-6-4-7-21(12-16)26-25(31)28(15-22-8-5-11-30-22)14-20-13-19-10-9-17(2)18(3)23(19)27-24(20)29/h4-13H,14-15H2,1-3H3,(H,26,31)(H,27,29).